The van der Waals surface area contributed by atoms with E-state index < -0.39 is 0 Å². The van der Waals surface area contributed by atoms with Gasteiger partial charge >= 0.3 is 0 Å². The van der Waals surface area contributed by atoms with E-state index in [4.69, 9.17) is 5.73 Å². The Morgan fingerprint density at radius 2 is 1.88 bits per heavy atom. The molecule has 0 aliphatic carbocycles. The van der Waals surface area contributed by atoms with Gasteiger partial charge in [0.05, 0.1) is 11.9 Å². The van der Waals surface area contributed by atoms with Gasteiger partial charge in [0, 0.05) is 25.2 Å². The van der Waals surface area contributed by atoms with Crippen molar-refractivity contribution < 1.29 is 0 Å². The molecule has 4 nitrogen and oxygen atoms in total. The van der Waals surface area contributed by atoms with Crippen molar-refractivity contribution in [3.05, 3.63) is 18.3 Å². The molecule has 0 amide bonds. The zero-order chi connectivity index (χ0) is 12.8. The first-order chi connectivity index (χ1) is 8.00. The monoisotopic (exact) mass is 236 g/mol. The minimum absolute atomic E-state index is 0.557. The molecular formula is C13H24N4. The molecule has 1 heterocycles. The molecular weight excluding hydrogens is 212 g/mol. The maximum absolute atomic E-state index is 5.54. The number of nitrogens with two attached hydrogens (primary N) is 1. The fraction of sp³-hybridized carbons (Fsp3) is 0.615. The lowest BCUT2D eigenvalue weighted by Crippen LogP contribution is -2.40. The van der Waals surface area contributed by atoms with Crippen molar-refractivity contribution in [2.24, 2.45) is 0 Å². The van der Waals surface area contributed by atoms with Crippen molar-refractivity contribution in [3.63, 3.8) is 0 Å². The average Bonchev–Trinajstić information content (AvgIpc) is 2.25. The minimum Gasteiger partial charge on any atom is -0.384 e. The molecule has 0 radical (unpaired) electrons. The summed E-state index contributed by atoms with van der Waals surface area (Å²) in [5.41, 5.74) is 6.56. The molecule has 1 rings (SSSR count). The molecule has 0 unspecified atom stereocenters. The van der Waals surface area contributed by atoms with Crippen LogP contribution in [0.4, 0.5) is 11.5 Å². The highest BCUT2D eigenvalue weighted by atomic mass is 15.2. The van der Waals surface area contributed by atoms with E-state index in [0.29, 0.717) is 17.9 Å². The molecule has 17 heavy (non-hydrogen) atoms. The summed E-state index contributed by atoms with van der Waals surface area (Å²) in [5.74, 6) is 0.557. The smallest absolute Gasteiger partial charge is 0.123 e. The highest BCUT2D eigenvalue weighted by Crippen LogP contribution is 2.08. The van der Waals surface area contributed by atoms with Gasteiger partial charge in [0.2, 0.25) is 0 Å². The predicted octanol–water partition coefficient (Wildman–Crippen LogP) is 2.19. The van der Waals surface area contributed by atoms with Crippen LogP contribution in [0, 0.1) is 0 Å². The topological polar surface area (TPSA) is 54.2 Å². The van der Waals surface area contributed by atoms with Crippen LogP contribution in [0.2, 0.25) is 0 Å². The van der Waals surface area contributed by atoms with Crippen LogP contribution in [-0.2, 0) is 0 Å². The number of nitrogen functional groups attached to an aromatic ring is 1. The van der Waals surface area contributed by atoms with Crippen LogP contribution in [0.25, 0.3) is 0 Å². The summed E-state index contributed by atoms with van der Waals surface area (Å²) in [5, 5.41) is 3.35. The minimum atomic E-state index is 0.557. The Hall–Kier alpha value is -1.29. The zero-order valence-corrected chi connectivity index (χ0v) is 11.3. The molecule has 0 aromatic carbocycles. The van der Waals surface area contributed by atoms with Gasteiger partial charge < -0.3 is 11.1 Å². The maximum atomic E-state index is 5.54. The first kappa shape index (κ1) is 13.8. The number of hydrogen-bond acceptors (Lipinski definition) is 4. The number of hydrogen-bond donors (Lipinski definition) is 2. The summed E-state index contributed by atoms with van der Waals surface area (Å²) < 4.78 is 0. The number of nitrogens with zero attached hydrogens (tertiary/aromatic N) is 2. The molecule has 0 aliphatic rings. The molecule has 0 spiro atoms. The number of rotatable bonds is 6. The normalized spacial score (nSPS) is 11.5. The Labute approximate surface area is 104 Å². The molecule has 1 aromatic rings. The highest BCUT2D eigenvalue weighted by Gasteiger charge is 2.12. The first-order valence-corrected chi connectivity index (χ1v) is 6.22. The van der Waals surface area contributed by atoms with Crippen molar-refractivity contribution in [2.45, 2.75) is 39.8 Å². The maximum Gasteiger partial charge on any atom is 0.123 e. The highest BCUT2D eigenvalue weighted by molar-refractivity contribution is 5.45. The van der Waals surface area contributed by atoms with E-state index in [-0.39, 0.29) is 0 Å². The fourth-order valence-electron chi connectivity index (χ4n) is 1.95. The predicted molar refractivity (Wildman–Crippen MR) is 74.1 cm³/mol. The number of nitrogens with one attached hydrogen (secondary N) is 1. The molecule has 0 fully saturated rings. The SMILES string of the molecule is CC(C)N(CCNc1ccc(N)nc1)C(C)C. The van der Waals surface area contributed by atoms with Gasteiger partial charge in [-0.2, -0.15) is 0 Å². The van der Waals surface area contributed by atoms with E-state index >= 15 is 0 Å². The zero-order valence-electron chi connectivity index (χ0n) is 11.3. The second-order valence-corrected chi connectivity index (χ2v) is 4.82. The van der Waals surface area contributed by atoms with Crippen LogP contribution < -0.4 is 11.1 Å². The molecule has 0 aliphatic heterocycles. The van der Waals surface area contributed by atoms with Gasteiger partial charge in [0.1, 0.15) is 5.82 Å². The summed E-state index contributed by atoms with van der Waals surface area (Å²) in [7, 11) is 0. The molecule has 96 valence electrons. The van der Waals surface area contributed by atoms with Crippen molar-refractivity contribution >= 4 is 11.5 Å². The molecule has 1 aromatic heterocycles. The summed E-state index contributed by atoms with van der Waals surface area (Å²) >= 11 is 0. The number of anilines is 2. The summed E-state index contributed by atoms with van der Waals surface area (Å²) in [4.78, 5) is 6.50. The lowest BCUT2D eigenvalue weighted by molar-refractivity contribution is 0.182. The van der Waals surface area contributed by atoms with Crippen molar-refractivity contribution in [2.75, 3.05) is 24.1 Å². The third-order valence-electron chi connectivity index (χ3n) is 2.81. The van der Waals surface area contributed by atoms with Gasteiger partial charge in [-0.05, 0) is 39.8 Å². The van der Waals surface area contributed by atoms with Crippen LogP contribution in [0.1, 0.15) is 27.7 Å². The summed E-state index contributed by atoms with van der Waals surface area (Å²) in [6, 6.07) is 4.91. The Morgan fingerprint density at radius 1 is 1.24 bits per heavy atom. The van der Waals surface area contributed by atoms with Gasteiger partial charge in [0.15, 0.2) is 0 Å². The molecule has 4 heteroatoms. The van der Waals surface area contributed by atoms with Gasteiger partial charge in [-0.3, -0.25) is 4.90 Å². The second kappa shape index (κ2) is 6.45. The number of pyridine rings is 1. The lowest BCUT2D eigenvalue weighted by atomic mass is 10.2. The quantitative estimate of drug-likeness (QED) is 0.795. The standard InChI is InChI=1S/C13H24N4/c1-10(2)17(11(3)4)8-7-15-12-5-6-13(14)16-9-12/h5-6,9-11,15H,7-8H2,1-4H3,(H2,14,16). The van der Waals surface area contributed by atoms with E-state index in [2.05, 4.69) is 42.9 Å². The van der Waals surface area contributed by atoms with E-state index in [9.17, 15) is 0 Å². The van der Waals surface area contributed by atoms with Gasteiger partial charge in [-0.15, -0.1) is 0 Å². The number of aromatic nitrogens is 1. The van der Waals surface area contributed by atoms with E-state index in [1.807, 2.05) is 12.1 Å². The Balaban J connectivity index is 2.38. The Bertz CT molecular complexity index is 311. The second-order valence-electron chi connectivity index (χ2n) is 4.82. The Morgan fingerprint density at radius 3 is 2.35 bits per heavy atom. The van der Waals surface area contributed by atoms with Gasteiger partial charge in [-0.25, -0.2) is 4.98 Å². The third kappa shape index (κ3) is 4.61. The van der Waals surface area contributed by atoms with Crippen LogP contribution in [0.15, 0.2) is 18.3 Å². The van der Waals surface area contributed by atoms with Gasteiger partial charge in [0.25, 0.3) is 0 Å². The van der Waals surface area contributed by atoms with Crippen LogP contribution in [0.3, 0.4) is 0 Å². The molecule has 0 saturated heterocycles. The van der Waals surface area contributed by atoms with Crippen molar-refractivity contribution in [1.29, 1.82) is 0 Å². The lowest BCUT2D eigenvalue weighted by Gasteiger charge is -2.30. The van der Waals surface area contributed by atoms with E-state index in [1.54, 1.807) is 6.20 Å². The van der Waals surface area contributed by atoms with E-state index in [1.165, 1.54) is 0 Å². The molecule has 0 atom stereocenters. The molecule has 3 N–H and O–H groups in total. The average molecular weight is 236 g/mol. The van der Waals surface area contributed by atoms with E-state index in [0.717, 1.165) is 18.8 Å². The van der Waals surface area contributed by atoms with Crippen LogP contribution in [-0.4, -0.2) is 35.1 Å². The summed E-state index contributed by atoms with van der Waals surface area (Å²) in [6.45, 7) is 10.9. The van der Waals surface area contributed by atoms with Gasteiger partial charge in [-0.1, -0.05) is 0 Å². The Kier molecular flexibility index (Phi) is 5.22. The fourth-order valence-corrected chi connectivity index (χ4v) is 1.95. The third-order valence-corrected chi connectivity index (χ3v) is 2.81. The summed E-state index contributed by atoms with van der Waals surface area (Å²) in [6.07, 6.45) is 1.77. The van der Waals surface area contributed by atoms with Crippen LogP contribution in [0.5, 0.6) is 0 Å². The van der Waals surface area contributed by atoms with Crippen molar-refractivity contribution in [1.82, 2.24) is 9.88 Å². The molecule has 0 bridgehead atoms. The van der Waals surface area contributed by atoms with Crippen molar-refractivity contribution in [3.8, 4) is 0 Å². The molecule has 0 saturated carbocycles. The largest absolute Gasteiger partial charge is 0.384 e. The first-order valence-electron chi connectivity index (χ1n) is 6.22. The van der Waals surface area contributed by atoms with Crippen LogP contribution >= 0.6 is 0 Å².